The Morgan fingerprint density at radius 2 is 2.00 bits per heavy atom. The summed E-state index contributed by atoms with van der Waals surface area (Å²) in [5, 5.41) is 11.3. The van der Waals surface area contributed by atoms with Crippen LogP contribution in [0.5, 0.6) is 0 Å². The average molecular weight is 257 g/mol. The number of hydrogen-bond donors (Lipinski definition) is 2. The Hall–Kier alpha value is -1.10. The van der Waals surface area contributed by atoms with Gasteiger partial charge in [0.05, 0.1) is 12.7 Å². The predicted molar refractivity (Wildman–Crippen MR) is 67.2 cm³/mol. The SMILES string of the molecule is CC(=O)NC(COC1CCC(C)C(C)C1)C(=O)O. The third kappa shape index (κ3) is 4.64. The first kappa shape index (κ1) is 15.0. The Balaban J connectivity index is 2.38. The van der Waals surface area contributed by atoms with Crippen molar-refractivity contribution in [3.8, 4) is 0 Å². The van der Waals surface area contributed by atoms with E-state index in [9.17, 15) is 9.59 Å². The number of carboxylic acids is 1. The Morgan fingerprint density at radius 1 is 1.33 bits per heavy atom. The van der Waals surface area contributed by atoms with Gasteiger partial charge in [0.15, 0.2) is 6.04 Å². The number of hydrogen-bond acceptors (Lipinski definition) is 3. The standard InChI is InChI=1S/C13H23NO4/c1-8-4-5-11(6-9(8)2)18-7-12(13(16)17)14-10(3)15/h8-9,11-12H,4-7H2,1-3H3,(H,14,15)(H,16,17). The van der Waals surface area contributed by atoms with Crippen LogP contribution in [-0.2, 0) is 14.3 Å². The number of nitrogens with one attached hydrogen (secondary N) is 1. The summed E-state index contributed by atoms with van der Waals surface area (Å²) in [5.74, 6) is -0.0951. The summed E-state index contributed by atoms with van der Waals surface area (Å²) in [6, 6.07) is -0.947. The Morgan fingerprint density at radius 3 is 2.50 bits per heavy atom. The van der Waals surface area contributed by atoms with Gasteiger partial charge in [0.25, 0.3) is 0 Å². The summed E-state index contributed by atoms with van der Waals surface area (Å²) in [6.45, 7) is 5.78. The summed E-state index contributed by atoms with van der Waals surface area (Å²) < 4.78 is 5.63. The number of rotatable bonds is 5. The topological polar surface area (TPSA) is 75.6 Å². The third-order valence-corrected chi connectivity index (χ3v) is 3.72. The molecule has 0 radical (unpaired) electrons. The maximum atomic E-state index is 10.9. The molecule has 0 aromatic heterocycles. The molecule has 5 heteroatoms. The van der Waals surface area contributed by atoms with E-state index in [2.05, 4.69) is 19.2 Å². The molecule has 4 atom stereocenters. The highest BCUT2D eigenvalue weighted by molar-refractivity contribution is 5.82. The molecular formula is C13H23NO4. The normalized spacial score (nSPS) is 29.6. The van der Waals surface area contributed by atoms with Crippen LogP contribution in [-0.4, -0.2) is 35.7 Å². The van der Waals surface area contributed by atoms with E-state index in [1.165, 1.54) is 6.92 Å². The smallest absolute Gasteiger partial charge is 0.328 e. The minimum Gasteiger partial charge on any atom is -0.480 e. The van der Waals surface area contributed by atoms with Gasteiger partial charge < -0.3 is 15.2 Å². The van der Waals surface area contributed by atoms with Crippen LogP contribution in [0.25, 0.3) is 0 Å². The fourth-order valence-electron chi connectivity index (χ4n) is 2.30. The predicted octanol–water partition coefficient (Wildman–Crippen LogP) is 1.42. The molecule has 1 rings (SSSR count). The van der Waals surface area contributed by atoms with Crippen LogP contribution in [0.15, 0.2) is 0 Å². The van der Waals surface area contributed by atoms with Gasteiger partial charge in [-0.2, -0.15) is 0 Å². The van der Waals surface area contributed by atoms with E-state index >= 15 is 0 Å². The molecule has 0 bridgehead atoms. The zero-order valence-corrected chi connectivity index (χ0v) is 11.3. The number of amides is 1. The summed E-state index contributed by atoms with van der Waals surface area (Å²) in [5.41, 5.74) is 0. The van der Waals surface area contributed by atoms with Crippen molar-refractivity contribution in [2.45, 2.75) is 52.2 Å². The number of carbonyl (C=O) groups is 2. The van der Waals surface area contributed by atoms with E-state index in [1.54, 1.807) is 0 Å². The van der Waals surface area contributed by atoms with Crippen molar-refractivity contribution < 1.29 is 19.4 Å². The van der Waals surface area contributed by atoms with E-state index in [0.717, 1.165) is 19.3 Å². The average Bonchev–Trinajstić information content (AvgIpc) is 2.28. The molecule has 1 fully saturated rings. The van der Waals surface area contributed by atoms with Gasteiger partial charge in [-0.25, -0.2) is 4.79 Å². The number of carbonyl (C=O) groups excluding carboxylic acids is 1. The van der Waals surface area contributed by atoms with Crippen LogP contribution >= 0.6 is 0 Å². The van der Waals surface area contributed by atoms with Gasteiger partial charge in [0.1, 0.15) is 0 Å². The molecule has 4 unspecified atom stereocenters. The second kappa shape index (κ2) is 6.73. The molecule has 0 saturated heterocycles. The van der Waals surface area contributed by atoms with Gasteiger partial charge in [0.2, 0.25) is 5.91 Å². The highest BCUT2D eigenvalue weighted by Gasteiger charge is 2.27. The lowest BCUT2D eigenvalue weighted by atomic mass is 9.80. The summed E-state index contributed by atoms with van der Waals surface area (Å²) in [7, 11) is 0. The molecule has 0 aliphatic heterocycles. The van der Waals surface area contributed by atoms with Crippen LogP contribution < -0.4 is 5.32 Å². The van der Waals surface area contributed by atoms with Gasteiger partial charge in [-0.1, -0.05) is 13.8 Å². The van der Waals surface area contributed by atoms with Crippen molar-refractivity contribution in [1.29, 1.82) is 0 Å². The Bertz CT molecular complexity index is 305. The van der Waals surface area contributed by atoms with Gasteiger partial charge in [-0.15, -0.1) is 0 Å². The maximum absolute atomic E-state index is 10.9. The molecule has 1 aliphatic rings. The van der Waals surface area contributed by atoms with Crippen molar-refractivity contribution in [2.24, 2.45) is 11.8 Å². The highest BCUT2D eigenvalue weighted by atomic mass is 16.5. The van der Waals surface area contributed by atoms with Gasteiger partial charge in [-0.05, 0) is 31.1 Å². The first-order valence-electron chi connectivity index (χ1n) is 6.51. The lowest BCUT2D eigenvalue weighted by Crippen LogP contribution is -2.44. The molecular weight excluding hydrogens is 234 g/mol. The molecule has 18 heavy (non-hydrogen) atoms. The summed E-state index contributed by atoms with van der Waals surface area (Å²) in [4.78, 5) is 21.8. The molecule has 0 aromatic rings. The minimum atomic E-state index is -1.05. The van der Waals surface area contributed by atoms with Crippen molar-refractivity contribution in [1.82, 2.24) is 5.32 Å². The molecule has 1 saturated carbocycles. The summed E-state index contributed by atoms with van der Waals surface area (Å²) >= 11 is 0. The molecule has 0 heterocycles. The quantitative estimate of drug-likeness (QED) is 0.781. The first-order valence-corrected chi connectivity index (χ1v) is 6.51. The lowest BCUT2D eigenvalue weighted by Gasteiger charge is -2.32. The van der Waals surface area contributed by atoms with Crippen LogP contribution in [0.1, 0.15) is 40.0 Å². The molecule has 104 valence electrons. The first-order chi connectivity index (χ1) is 8.40. The molecule has 5 nitrogen and oxygen atoms in total. The fourth-order valence-corrected chi connectivity index (χ4v) is 2.30. The van der Waals surface area contributed by atoms with Crippen molar-refractivity contribution >= 4 is 11.9 Å². The van der Waals surface area contributed by atoms with Crippen LogP contribution in [0.2, 0.25) is 0 Å². The van der Waals surface area contributed by atoms with Gasteiger partial charge in [-0.3, -0.25) is 4.79 Å². The number of carboxylic acid groups (broad SMARTS) is 1. The van der Waals surface area contributed by atoms with E-state index in [0.29, 0.717) is 11.8 Å². The second-order valence-electron chi connectivity index (χ2n) is 5.31. The van der Waals surface area contributed by atoms with Crippen molar-refractivity contribution in [3.63, 3.8) is 0 Å². The van der Waals surface area contributed by atoms with Crippen LogP contribution in [0, 0.1) is 11.8 Å². The molecule has 2 N–H and O–H groups in total. The molecule has 0 aromatic carbocycles. The van der Waals surface area contributed by atoms with E-state index in [4.69, 9.17) is 9.84 Å². The zero-order chi connectivity index (χ0) is 13.7. The molecule has 1 amide bonds. The monoisotopic (exact) mass is 257 g/mol. The highest BCUT2D eigenvalue weighted by Crippen LogP contribution is 2.30. The van der Waals surface area contributed by atoms with E-state index < -0.39 is 12.0 Å². The second-order valence-corrected chi connectivity index (χ2v) is 5.31. The van der Waals surface area contributed by atoms with E-state index in [1.807, 2.05) is 0 Å². The Labute approximate surface area is 108 Å². The van der Waals surface area contributed by atoms with Crippen molar-refractivity contribution in [2.75, 3.05) is 6.61 Å². The fraction of sp³-hybridized carbons (Fsp3) is 0.846. The Kier molecular flexibility index (Phi) is 5.59. The molecule has 1 aliphatic carbocycles. The van der Waals surface area contributed by atoms with Crippen LogP contribution in [0.3, 0.4) is 0 Å². The number of aliphatic carboxylic acids is 1. The molecule has 0 spiro atoms. The zero-order valence-electron chi connectivity index (χ0n) is 11.3. The minimum absolute atomic E-state index is 0.0423. The maximum Gasteiger partial charge on any atom is 0.328 e. The summed E-state index contributed by atoms with van der Waals surface area (Å²) in [6.07, 6.45) is 3.17. The van der Waals surface area contributed by atoms with E-state index in [-0.39, 0.29) is 18.6 Å². The largest absolute Gasteiger partial charge is 0.480 e. The third-order valence-electron chi connectivity index (χ3n) is 3.72. The lowest BCUT2D eigenvalue weighted by molar-refractivity contribution is -0.144. The van der Waals surface area contributed by atoms with Gasteiger partial charge >= 0.3 is 5.97 Å². The van der Waals surface area contributed by atoms with Crippen molar-refractivity contribution in [3.05, 3.63) is 0 Å². The number of ether oxygens (including phenoxy) is 1. The van der Waals surface area contributed by atoms with Crippen LogP contribution in [0.4, 0.5) is 0 Å². The van der Waals surface area contributed by atoms with Gasteiger partial charge in [0, 0.05) is 6.92 Å².